The summed E-state index contributed by atoms with van der Waals surface area (Å²) in [7, 11) is 0. The highest BCUT2D eigenvalue weighted by Crippen LogP contribution is 2.15. The van der Waals surface area contributed by atoms with Crippen LogP contribution in [0, 0.1) is 11.6 Å². The second kappa shape index (κ2) is 9.32. The zero-order valence-corrected chi connectivity index (χ0v) is 14.9. The Kier molecular flexibility index (Phi) is 6.59. The van der Waals surface area contributed by atoms with Crippen LogP contribution in [0.25, 0.3) is 0 Å². The Morgan fingerprint density at radius 1 is 0.926 bits per heavy atom. The number of amides is 1. The van der Waals surface area contributed by atoms with Crippen LogP contribution in [0.2, 0.25) is 0 Å². The van der Waals surface area contributed by atoms with E-state index in [1.165, 1.54) is 30.3 Å². The Morgan fingerprint density at radius 3 is 2.33 bits per heavy atom. The molecule has 0 radical (unpaired) electrons. The van der Waals surface area contributed by atoms with Gasteiger partial charge in [0.1, 0.15) is 18.2 Å². The van der Waals surface area contributed by atoms with Crippen LogP contribution in [0.1, 0.15) is 0 Å². The molecule has 7 heteroatoms. The number of hydrogen-bond donors (Lipinski definition) is 0. The van der Waals surface area contributed by atoms with E-state index in [4.69, 9.17) is 9.47 Å². The van der Waals surface area contributed by atoms with Crippen molar-refractivity contribution >= 4 is 5.91 Å². The van der Waals surface area contributed by atoms with Crippen molar-refractivity contribution < 1.29 is 23.0 Å². The van der Waals surface area contributed by atoms with Crippen LogP contribution in [0.4, 0.5) is 8.78 Å². The summed E-state index contributed by atoms with van der Waals surface area (Å²) < 4.78 is 37.2. The Labute approximate surface area is 157 Å². The highest BCUT2D eigenvalue weighted by atomic mass is 19.1. The summed E-state index contributed by atoms with van der Waals surface area (Å²) in [5.74, 6) is -0.0858. The number of halogens is 2. The van der Waals surface area contributed by atoms with E-state index in [-0.39, 0.29) is 29.9 Å². The van der Waals surface area contributed by atoms with Crippen LogP contribution < -0.4 is 9.47 Å². The van der Waals surface area contributed by atoms with E-state index in [2.05, 4.69) is 4.90 Å². The minimum atomic E-state index is -0.367. The van der Waals surface area contributed by atoms with Crippen LogP contribution in [-0.2, 0) is 4.79 Å². The van der Waals surface area contributed by atoms with Crippen LogP contribution >= 0.6 is 0 Å². The number of benzene rings is 2. The second-order valence-electron chi connectivity index (χ2n) is 6.24. The first kappa shape index (κ1) is 19.1. The van der Waals surface area contributed by atoms with Gasteiger partial charge in [0.15, 0.2) is 18.2 Å². The largest absolute Gasteiger partial charge is 0.489 e. The number of hydrogen-bond acceptors (Lipinski definition) is 4. The predicted octanol–water partition coefficient (Wildman–Crippen LogP) is 2.57. The number of para-hydroxylation sites is 1. The van der Waals surface area contributed by atoms with Gasteiger partial charge in [0, 0.05) is 32.7 Å². The van der Waals surface area contributed by atoms with Gasteiger partial charge in [0.25, 0.3) is 5.91 Å². The molecule has 0 atom stereocenters. The first-order valence-corrected chi connectivity index (χ1v) is 8.87. The molecule has 0 N–H and O–H groups in total. The van der Waals surface area contributed by atoms with E-state index in [1.54, 1.807) is 23.1 Å². The summed E-state index contributed by atoms with van der Waals surface area (Å²) in [6.07, 6.45) is 0. The number of piperazine rings is 1. The topological polar surface area (TPSA) is 42.0 Å². The van der Waals surface area contributed by atoms with Crippen molar-refractivity contribution in [2.75, 3.05) is 45.9 Å². The van der Waals surface area contributed by atoms with Crippen molar-refractivity contribution in [2.24, 2.45) is 0 Å². The Hall–Kier alpha value is -2.67. The summed E-state index contributed by atoms with van der Waals surface area (Å²) in [5.41, 5.74) is 0. The summed E-state index contributed by atoms with van der Waals surface area (Å²) >= 11 is 0. The number of rotatable bonds is 7. The molecule has 1 saturated heterocycles. The van der Waals surface area contributed by atoms with E-state index < -0.39 is 0 Å². The predicted molar refractivity (Wildman–Crippen MR) is 96.8 cm³/mol. The molecule has 5 nitrogen and oxygen atoms in total. The van der Waals surface area contributed by atoms with Crippen LogP contribution in [0.5, 0.6) is 11.5 Å². The Morgan fingerprint density at radius 2 is 1.63 bits per heavy atom. The maximum atomic E-state index is 13.5. The van der Waals surface area contributed by atoms with Gasteiger partial charge in [-0.3, -0.25) is 9.69 Å². The lowest BCUT2D eigenvalue weighted by atomic mass is 10.3. The van der Waals surface area contributed by atoms with E-state index >= 15 is 0 Å². The monoisotopic (exact) mass is 376 g/mol. The third-order valence-corrected chi connectivity index (χ3v) is 4.40. The molecule has 27 heavy (non-hydrogen) atoms. The van der Waals surface area contributed by atoms with Gasteiger partial charge < -0.3 is 14.4 Å². The molecular weight excluding hydrogens is 354 g/mol. The van der Waals surface area contributed by atoms with Crippen molar-refractivity contribution in [3.8, 4) is 11.5 Å². The van der Waals surface area contributed by atoms with E-state index in [0.717, 1.165) is 13.1 Å². The highest BCUT2D eigenvalue weighted by molar-refractivity contribution is 5.77. The van der Waals surface area contributed by atoms with Gasteiger partial charge in [-0.2, -0.15) is 0 Å². The summed E-state index contributed by atoms with van der Waals surface area (Å²) in [6, 6.07) is 11.9. The molecule has 1 aliphatic heterocycles. The minimum absolute atomic E-state index is 0.0674. The van der Waals surface area contributed by atoms with Gasteiger partial charge in [0.2, 0.25) is 0 Å². The Balaban J connectivity index is 1.35. The lowest BCUT2D eigenvalue weighted by Gasteiger charge is -2.34. The maximum Gasteiger partial charge on any atom is 0.260 e. The van der Waals surface area contributed by atoms with E-state index in [0.29, 0.717) is 32.0 Å². The molecule has 1 amide bonds. The molecule has 0 spiro atoms. The number of carbonyl (C=O) groups excluding carboxylic acids is 1. The molecule has 0 saturated carbocycles. The molecule has 1 heterocycles. The number of ether oxygens (including phenoxy) is 2. The average molecular weight is 376 g/mol. The molecule has 0 aliphatic carbocycles. The molecule has 0 unspecified atom stereocenters. The molecule has 2 aromatic rings. The summed E-state index contributed by atoms with van der Waals surface area (Å²) in [5, 5.41) is 0. The Bertz CT molecular complexity index is 747. The maximum absolute atomic E-state index is 13.5. The average Bonchev–Trinajstić information content (AvgIpc) is 2.69. The van der Waals surface area contributed by atoms with Gasteiger partial charge in [0.05, 0.1) is 0 Å². The second-order valence-corrected chi connectivity index (χ2v) is 6.24. The number of carbonyl (C=O) groups is 1. The first-order valence-electron chi connectivity index (χ1n) is 8.87. The smallest absolute Gasteiger partial charge is 0.260 e. The highest BCUT2D eigenvalue weighted by Gasteiger charge is 2.21. The molecule has 2 aromatic carbocycles. The molecular formula is C20H22F2N2O3. The molecule has 1 aliphatic rings. The fourth-order valence-corrected chi connectivity index (χ4v) is 2.83. The van der Waals surface area contributed by atoms with Crippen molar-refractivity contribution in [1.29, 1.82) is 0 Å². The zero-order chi connectivity index (χ0) is 19.1. The van der Waals surface area contributed by atoms with E-state index in [1.807, 2.05) is 0 Å². The molecule has 144 valence electrons. The summed E-state index contributed by atoms with van der Waals surface area (Å²) in [4.78, 5) is 16.1. The van der Waals surface area contributed by atoms with Crippen LogP contribution in [0.15, 0.2) is 48.5 Å². The van der Waals surface area contributed by atoms with Gasteiger partial charge in [-0.15, -0.1) is 0 Å². The fraction of sp³-hybridized carbons (Fsp3) is 0.350. The first-order chi connectivity index (χ1) is 13.1. The van der Waals surface area contributed by atoms with Crippen molar-refractivity contribution in [1.82, 2.24) is 9.80 Å². The van der Waals surface area contributed by atoms with Crippen LogP contribution in [-0.4, -0.2) is 61.6 Å². The quantitative estimate of drug-likeness (QED) is 0.745. The fourth-order valence-electron chi connectivity index (χ4n) is 2.83. The zero-order valence-electron chi connectivity index (χ0n) is 14.9. The van der Waals surface area contributed by atoms with Crippen molar-refractivity contribution in [3.05, 3.63) is 60.2 Å². The van der Waals surface area contributed by atoms with Crippen molar-refractivity contribution in [3.63, 3.8) is 0 Å². The van der Waals surface area contributed by atoms with Gasteiger partial charge in [-0.1, -0.05) is 12.1 Å². The lowest BCUT2D eigenvalue weighted by Crippen LogP contribution is -2.50. The third-order valence-electron chi connectivity index (χ3n) is 4.40. The minimum Gasteiger partial charge on any atom is -0.489 e. The lowest BCUT2D eigenvalue weighted by molar-refractivity contribution is -0.135. The van der Waals surface area contributed by atoms with Crippen LogP contribution in [0.3, 0.4) is 0 Å². The third kappa shape index (κ3) is 5.65. The molecule has 0 bridgehead atoms. The number of nitrogens with zero attached hydrogens (tertiary/aromatic N) is 2. The standard InChI is InChI=1S/C20H22F2N2O3/c21-16-5-7-17(8-6-16)27-15-20(25)24-11-9-23(10-12-24)13-14-26-19-4-2-1-3-18(19)22/h1-8H,9-15H2. The summed E-state index contributed by atoms with van der Waals surface area (Å²) in [6.45, 7) is 3.65. The molecule has 0 aromatic heterocycles. The van der Waals surface area contributed by atoms with Crippen molar-refractivity contribution in [2.45, 2.75) is 0 Å². The van der Waals surface area contributed by atoms with E-state index in [9.17, 15) is 13.6 Å². The van der Waals surface area contributed by atoms with Gasteiger partial charge >= 0.3 is 0 Å². The SMILES string of the molecule is O=C(COc1ccc(F)cc1)N1CCN(CCOc2ccccc2F)CC1. The van der Waals surface area contributed by atoms with Gasteiger partial charge in [-0.05, 0) is 36.4 Å². The molecule has 3 rings (SSSR count). The normalized spacial score (nSPS) is 14.8. The molecule has 1 fully saturated rings. The van der Waals surface area contributed by atoms with Gasteiger partial charge in [-0.25, -0.2) is 8.78 Å².